The van der Waals surface area contributed by atoms with Gasteiger partial charge in [0.05, 0.1) is 29.4 Å². The maximum Gasteiger partial charge on any atom is 0.184 e. The molecule has 0 spiro atoms. The van der Waals surface area contributed by atoms with Crippen molar-refractivity contribution < 1.29 is 18.9 Å². The molecular formula is C14H15Cl3O4. The van der Waals surface area contributed by atoms with Gasteiger partial charge in [0.1, 0.15) is 12.2 Å². The molecule has 2 aliphatic heterocycles. The first-order valence-corrected chi connectivity index (χ1v) is 7.77. The summed E-state index contributed by atoms with van der Waals surface area (Å²) >= 11 is 18.3. The van der Waals surface area contributed by atoms with E-state index in [1.165, 1.54) is 0 Å². The molecule has 3 rings (SSSR count). The van der Waals surface area contributed by atoms with Gasteiger partial charge >= 0.3 is 0 Å². The topological polar surface area (TPSA) is 36.9 Å². The Morgan fingerprint density at radius 1 is 1.19 bits per heavy atom. The number of hydrogen-bond acceptors (Lipinski definition) is 4. The monoisotopic (exact) mass is 352 g/mol. The van der Waals surface area contributed by atoms with E-state index in [4.69, 9.17) is 53.8 Å². The van der Waals surface area contributed by atoms with E-state index in [0.717, 1.165) is 0 Å². The Balaban J connectivity index is 1.69. The highest BCUT2D eigenvalue weighted by Crippen LogP contribution is 2.35. The van der Waals surface area contributed by atoms with Crippen LogP contribution in [0.5, 0.6) is 0 Å². The van der Waals surface area contributed by atoms with Gasteiger partial charge in [-0.1, -0.05) is 34.8 Å². The fourth-order valence-electron chi connectivity index (χ4n) is 2.60. The molecule has 0 saturated carbocycles. The maximum absolute atomic E-state index is 6.17. The molecule has 21 heavy (non-hydrogen) atoms. The number of fused-ring (bicyclic) bond motifs is 2. The minimum atomic E-state index is -0.293. The average molecular weight is 354 g/mol. The van der Waals surface area contributed by atoms with Crippen molar-refractivity contribution in [2.45, 2.75) is 37.6 Å². The average Bonchev–Trinajstić information content (AvgIpc) is 2.90. The third-order valence-corrected chi connectivity index (χ3v) is 5.00. The normalized spacial score (nSPS) is 31.6. The van der Waals surface area contributed by atoms with E-state index in [1.807, 2.05) is 0 Å². The zero-order valence-corrected chi connectivity index (χ0v) is 13.6. The highest BCUT2D eigenvalue weighted by Gasteiger charge is 2.44. The number of halogens is 3. The minimum Gasteiger partial charge on any atom is -0.376 e. The van der Waals surface area contributed by atoms with Crippen molar-refractivity contribution >= 4 is 34.8 Å². The number of methoxy groups -OCH3 is 1. The lowest BCUT2D eigenvalue weighted by atomic mass is 10.0. The van der Waals surface area contributed by atoms with Crippen LogP contribution in [-0.2, 0) is 25.6 Å². The van der Waals surface area contributed by atoms with Crippen LogP contribution in [0, 0.1) is 0 Å². The highest BCUT2D eigenvalue weighted by molar-refractivity contribution is 6.44. The van der Waals surface area contributed by atoms with Crippen molar-refractivity contribution in [3.8, 4) is 0 Å². The molecule has 0 radical (unpaired) electrons. The molecule has 2 bridgehead atoms. The molecule has 2 aliphatic rings. The zero-order chi connectivity index (χ0) is 15.0. The predicted molar refractivity (Wildman–Crippen MR) is 80.1 cm³/mol. The maximum atomic E-state index is 6.17. The standard InChI is InChI=1S/C14H15Cl3O4/c1-18-11-4-10(12-6-20-14(11)21-12)19-5-7-8(15)2-3-9(16)13(7)17/h2-3,10-12,14H,4-6H2,1H3/t10-,11+,12+,14+/m0/s1. The van der Waals surface area contributed by atoms with Crippen LogP contribution < -0.4 is 0 Å². The molecule has 0 aromatic heterocycles. The van der Waals surface area contributed by atoms with Crippen LogP contribution in [0.1, 0.15) is 12.0 Å². The molecule has 7 heteroatoms. The molecule has 0 amide bonds. The Morgan fingerprint density at radius 3 is 2.71 bits per heavy atom. The first-order chi connectivity index (χ1) is 10.1. The van der Waals surface area contributed by atoms with Gasteiger partial charge in [0.25, 0.3) is 0 Å². The van der Waals surface area contributed by atoms with Gasteiger partial charge < -0.3 is 18.9 Å². The number of benzene rings is 1. The number of rotatable bonds is 4. The fraction of sp³-hybridized carbons (Fsp3) is 0.571. The second-order valence-corrected chi connectivity index (χ2v) is 6.25. The van der Waals surface area contributed by atoms with Crippen molar-refractivity contribution in [2.75, 3.05) is 13.7 Å². The third kappa shape index (κ3) is 3.17. The molecule has 2 saturated heterocycles. The summed E-state index contributed by atoms with van der Waals surface area (Å²) in [6.45, 7) is 0.774. The molecule has 1 aromatic carbocycles. The van der Waals surface area contributed by atoms with Crippen LogP contribution in [0.2, 0.25) is 15.1 Å². The smallest absolute Gasteiger partial charge is 0.184 e. The summed E-state index contributed by atoms with van der Waals surface area (Å²) in [7, 11) is 1.64. The summed E-state index contributed by atoms with van der Waals surface area (Å²) < 4.78 is 22.6. The summed E-state index contributed by atoms with van der Waals surface area (Å²) in [6, 6.07) is 3.37. The number of hydrogen-bond donors (Lipinski definition) is 0. The lowest BCUT2D eigenvalue weighted by molar-refractivity contribution is -0.200. The largest absolute Gasteiger partial charge is 0.376 e. The molecule has 1 aromatic rings. The van der Waals surface area contributed by atoms with Crippen molar-refractivity contribution in [1.29, 1.82) is 0 Å². The molecular weight excluding hydrogens is 339 g/mol. The van der Waals surface area contributed by atoms with Gasteiger partial charge in [0.2, 0.25) is 0 Å². The molecule has 0 aliphatic carbocycles. The van der Waals surface area contributed by atoms with Crippen LogP contribution in [-0.4, -0.2) is 38.3 Å². The van der Waals surface area contributed by atoms with Gasteiger partial charge in [-0.15, -0.1) is 0 Å². The van der Waals surface area contributed by atoms with Crippen LogP contribution >= 0.6 is 34.8 Å². The lowest BCUT2D eigenvalue weighted by Gasteiger charge is -2.32. The molecule has 116 valence electrons. The minimum absolute atomic E-state index is 0.0851. The Labute approximate surface area is 138 Å². The van der Waals surface area contributed by atoms with Gasteiger partial charge in [0, 0.05) is 24.1 Å². The predicted octanol–water partition coefficient (Wildman–Crippen LogP) is 3.69. The van der Waals surface area contributed by atoms with E-state index in [2.05, 4.69) is 0 Å². The Hall–Kier alpha value is -0.0700. The first kappa shape index (κ1) is 15.8. The Bertz CT molecular complexity index is 525. The summed E-state index contributed by atoms with van der Waals surface area (Å²) in [5, 5.41) is 1.41. The fourth-order valence-corrected chi connectivity index (χ4v) is 3.25. The van der Waals surface area contributed by atoms with E-state index in [0.29, 0.717) is 33.7 Å². The van der Waals surface area contributed by atoms with E-state index >= 15 is 0 Å². The third-order valence-electron chi connectivity index (χ3n) is 3.80. The van der Waals surface area contributed by atoms with Crippen molar-refractivity contribution in [3.63, 3.8) is 0 Å². The summed E-state index contributed by atoms with van der Waals surface area (Å²) in [5.74, 6) is 0. The first-order valence-electron chi connectivity index (χ1n) is 6.64. The number of ether oxygens (including phenoxy) is 4. The second-order valence-electron chi connectivity index (χ2n) is 5.06. The summed E-state index contributed by atoms with van der Waals surface area (Å²) in [4.78, 5) is 0. The molecule has 0 N–H and O–H groups in total. The summed E-state index contributed by atoms with van der Waals surface area (Å²) in [6.07, 6.45) is 0.0805. The van der Waals surface area contributed by atoms with E-state index in [-0.39, 0.29) is 31.2 Å². The SMILES string of the molecule is CO[C@@H]1C[C@H](OCc2c(Cl)ccc(Cl)c2Cl)[C@H]2CO[C@@H]1O2. The highest BCUT2D eigenvalue weighted by atomic mass is 35.5. The Morgan fingerprint density at radius 2 is 1.95 bits per heavy atom. The Kier molecular flexibility index (Phi) is 4.96. The van der Waals surface area contributed by atoms with E-state index in [9.17, 15) is 0 Å². The van der Waals surface area contributed by atoms with Crippen molar-refractivity contribution in [2.24, 2.45) is 0 Å². The van der Waals surface area contributed by atoms with Gasteiger partial charge in [-0.3, -0.25) is 0 Å². The van der Waals surface area contributed by atoms with Crippen LogP contribution in [0.4, 0.5) is 0 Å². The van der Waals surface area contributed by atoms with Gasteiger partial charge in [-0.25, -0.2) is 0 Å². The van der Waals surface area contributed by atoms with Gasteiger partial charge in [-0.2, -0.15) is 0 Å². The van der Waals surface area contributed by atoms with E-state index in [1.54, 1.807) is 19.2 Å². The molecule has 4 nitrogen and oxygen atoms in total. The van der Waals surface area contributed by atoms with Gasteiger partial charge in [-0.05, 0) is 12.1 Å². The van der Waals surface area contributed by atoms with Crippen molar-refractivity contribution in [1.82, 2.24) is 0 Å². The quantitative estimate of drug-likeness (QED) is 0.774. The molecule has 4 atom stereocenters. The van der Waals surface area contributed by atoms with E-state index < -0.39 is 0 Å². The van der Waals surface area contributed by atoms with Crippen molar-refractivity contribution in [3.05, 3.63) is 32.8 Å². The van der Waals surface area contributed by atoms with Crippen LogP contribution in [0.15, 0.2) is 12.1 Å². The molecule has 0 unspecified atom stereocenters. The summed E-state index contributed by atoms with van der Waals surface area (Å²) in [5.41, 5.74) is 0.681. The van der Waals surface area contributed by atoms with Crippen LogP contribution in [0.25, 0.3) is 0 Å². The zero-order valence-electron chi connectivity index (χ0n) is 11.4. The lowest BCUT2D eigenvalue weighted by Crippen LogP contribution is -2.44. The van der Waals surface area contributed by atoms with Gasteiger partial charge in [0.15, 0.2) is 6.29 Å². The molecule has 2 heterocycles. The van der Waals surface area contributed by atoms with Crippen LogP contribution in [0.3, 0.4) is 0 Å². The second kappa shape index (κ2) is 6.59. The molecule has 2 fully saturated rings.